The summed E-state index contributed by atoms with van der Waals surface area (Å²) < 4.78 is 44.5. The summed E-state index contributed by atoms with van der Waals surface area (Å²) in [6.07, 6.45) is 1.28. The normalized spacial score (nSPS) is 12.3. The molecule has 0 saturated heterocycles. The standard InChI is InChI=1S/C20H25FN2O4S/c1-4-18(23(28(3,25)26)17-11-9-16(21)10-12-17)20(24)22-13-14-27-19-8-6-5-7-15(19)2/h5-12,18H,4,13-14H2,1-3H3,(H,22,24)/t18-/m0/s1. The number of carbonyl (C=O) groups excluding carboxylic acids is 1. The zero-order valence-corrected chi connectivity index (χ0v) is 17.0. The lowest BCUT2D eigenvalue weighted by atomic mass is 10.2. The third-order valence-electron chi connectivity index (χ3n) is 4.16. The smallest absolute Gasteiger partial charge is 0.244 e. The number of amides is 1. The molecule has 0 fully saturated rings. The lowest BCUT2D eigenvalue weighted by Gasteiger charge is -2.30. The maximum atomic E-state index is 13.2. The molecule has 0 aliphatic carbocycles. The van der Waals surface area contributed by atoms with Gasteiger partial charge in [0.25, 0.3) is 0 Å². The summed E-state index contributed by atoms with van der Waals surface area (Å²) in [6, 6.07) is 11.6. The van der Waals surface area contributed by atoms with Gasteiger partial charge < -0.3 is 10.1 Å². The Labute approximate surface area is 165 Å². The van der Waals surface area contributed by atoms with E-state index in [1.54, 1.807) is 6.92 Å². The fraction of sp³-hybridized carbons (Fsp3) is 0.350. The van der Waals surface area contributed by atoms with Gasteiger partial charge in [-0.15, -0.1) is 0 Å². The van der Waals surface area contributed by atoms with E-state index < -0.39 is 27.8 Å². The number of anilines is 1. The van der Waals surface area contributed by atoms with Crippen LogP contribution in [0, 0.1) is 12.7 Å². The fourth-order valence-electron chi connectivity index (χ4n) is 2.82. The topological polar surface area (TPSA) is 75.7 Å². The molecule has 1 N–H and O–H groups in total. The number of aryl methyl sites for hydroxylation is 1. The highest BCUT2D eigenvalue weighted by molar-refractivity contribution is 7.92. The highest BCUT2D eigenvalue weighted by Gasteiger charge is 2.31. The largest absolute Gasteiger partial charge is 0.491 e. The van der Waals surface area contributed by atoms with Crippen molar-refractivity contribution in [3.63, 3.8) is 0 Å². The van der Waals surface area contributed by atoms with Crippen molar-refractivity contribution >= 4 is 21.6 Å². The summed E-state index contributed by atoms with van der Waals surface area (Å²) in [5, 5.41) is 2.71. The van der Waals surface area contributed by atoms with Crippen LogP contribution in [0.5, 0.6) is 5.75 Å². The van der Waals surface area contributed by atoms with Crippen LogP contribution in [0.25, 0.3) is 0 Å². The average Bonchev–Trinajstić information content (AvgIpc) is 2.64. The third kappa shape index (κ3) is 5.69. The van der Waals surface area contributed by atoms with Gasteiger partial charge in [-0.1, -0.05) is 25.1 Å². The molecule has 2 aromatic rings. The zero-order valence-electron chi connectivity index (χ0n) is 16.2. The van der Waals surface area contributed by atoms with Gasteiger partial charge in [0.1, 0.15) is 24.2 Å². The first kappa shape index (κ1) is 21.7. The van der Waals surface area contributed by atoms with Gasteiger partial charge in [-0.05, 0) is 49.2 Å². The first-order chi connectivity index (χ1) is 13.2. The number of rotatable bonds is 9. The monoisotopic (exact) mass is 408 g/mol. The van der Waals surface area contributed by atoms with Crippen LogP contribution in [0.15, 0.2) is 48.5 Å². The summed E-state index contributed by atoms with van der Waals surface area (Å²) in [5.41, 5.74) is 1.22. The molecular formula is C20H25FN2O4S. The highest BCUT2D eigenvalue weighted by atomic mass is 32.2. The summed E-state index contributed by atoms with van der Waals surface area (Å²) >= 11 is 0. The molecule has 0 aliphatic heterocycles. The fourth-order valence-corrected chi connectivity index (χ4v) is 4.03. The number of hydrogen-bond acceptors (Lipinski definition) is 4. The number of halogens is 1. The van der Waals surface area contributed by atoms with Gasteiger partial charge in [0, 0.05) is 0 Å². The number of carbonyl (C=O) groups is 1. The van der Waals surface area contributed by atoms with Crippen molar-refractivity contribution < 1.29 is 22.3 Å². The second kappa shape index (κ2) is 9.54. The van der Waals surface area contributed by atoms with Gasteiger partial charge >= 0.3 is 0 Å². The first-order valence-electron chi connectivity index (χ1n) is 8.95. The van der Waals surface area contributed by atoms with Crippen LogP contribution < -0.4 is 14.4 Å². The van der Waals surface area contributed by atoms with E-state index in [4.69, 9.17) is 4.74 Å². The molecule has 2 rings (SSSR count). The lowest BCUT2D eigenvalue weighted by molar-refractivity contribution is -0.122. The van der Waals surface area contributed by atoms with E-state index in [1.165, 1.54) is 12.1 Å². The summed E-state index contributed by atoms with van der Waals surface area (Å²) in [5.74, 6) is -0.193. The Bertz CT molecular complexity index is 901. The van der Waals surface area contributed by atoms with Gasteiger partial charge in [-0.25, -0.2) is 12.8 Å². The Hall–Kier alpha value is -2.61. The Morgan fingerprint density at radius 2 is 1.82 bits per heavy atom. The molecule has 0 bridgehead atoms. The van der Waals surface area contributed by atoms with E-state index in [9.17, 15) is 17.6 Å². The summed E-state index contributed by atoms with van der Waals surface area (Å²) in [6.45, 7) is 4.12. The number of hydrogen-bond donors (Lipinski definition) is 1. The van der Waals surface area contributed by atoms with Gasteiger partial charge in [-0.3, -0.25) is 9.10 Å². The van der Waals surface area contributed by atoms with Crippen molar-refractivity contribution in [2.45, 2.75) is 26.3 Å². The second-order valence-corrected chi connectivity index (χ2v) is 8.22. The number of sulfonamides is 1. The van der Waals surface area contributed by atoms with E-state index in [2.05, 4.69) is 5.32 Å². The molecule has 152 valence electrons. The van der Waals surface area contributed by atoms with Crippen LogP contribution in [0.3, 0.4) is 0 Å². The first-order valence-corrected chi connectivity index (χ1v) is 10.8. The van der Waals surface area contributed by atoms with Gasteiger partial charge in [0.2, 0.25) is 15.9 Å². The molecule has 0 saturated carbocycles. The van der Waals surface area contributed by atoms with E-state index in [0.717, 1.165) is 34.0 Å². The molecule has 1 atom stereocenters. The highest BCUT2D eigenvalue weighted by Crippen LogP contribution is 2.23. The number of nitrogens with one attached hydrogen (secondary N) is 1. The lowest BCUT2D eigenvalue weighted by Crippen LogP contribution is -2.50. The Morgan fingerprint density at radius 1 is 1.18 bits per heavy atom. The van der Waals surface area contributed by atoms with Crippen molar-refractivity contribution in [1.29, 1.82) is 0 Å². The second-order valence-electron chi connectivity index (χ2n) is 6.36. The van der Waals surface area contributed by atoms with Gasteiger partial charge in [0.05, 0.1) is 18.5 Å². The Balaban J connectivity index is 2.05. The minimum absolute atomic E-state index is 0.227. The zero-order chi connectivity index (χ0) is 20.7. The number of benzene rings is 2. The Kier molecular flexibility index (Phi) is 7.39. The van der Waals surface area contributed by atoms with Crippen molar-refractivity contribution in [2.24, 2.45) is 0 Å². The van der Waals surface area contributed by atoms with Gasteiger partial charge in [-0.2, -0.15) is 0 Å². The van der Waals surface area contributed by atoms with E-state index in [-0.39, 0.29) is 25.3 Å². The van der Waals surface area contributed by atoms with Crippen LogP contribution >= 0.6 is 0 Å². The van der Waals surface area contributed by atoms with Crippen molar-refractivity contribution in [2.75, 3.05) is 23.7 Å². The molecule has 0 unspecified atom stereocenters. The quantitative estimate of drug-likeness (QED) is 0.648. The SMILES string of the molecule is CC[C@@H](C(=O)NCCOc1ccccc1C)N(c1ccc(F)cc1)S(C)(=O)=O. The molecule has 8 heteroatoms. The number of para-hydroxylation sites is 1. The van der Waals surface area contributed by atoms with E-state index in [1.807, 2.05) is 31.2 Å². The minimum Gasteiger partial charge on any atom is -0.491 e. The molecule has 0 aromatic heterocycles. The summed E-state index contributed by atoms with van der Waals surface area (Å²) in [7, 11) is -3.75. The van der Waals surface area contributed by atoms with Crippen LogP contribution in [0.2, 0.25) is 0 Å². The predicted molar refractivity (Wildman–Crippen MR) is 107 cm³/mol. The van der Waals surface area contributed by atoms with Crippen LogP contribution in [0.4, 0.5) is 10.1 Å². The predicted octanol–water partition coefficient (Wildman–Crippen LogP) is 2.87. The van der Waals surface area contributed by atoms with Crippen molar-refractivity contribution in [1.82, 2.24) is 5.32 Å². The third-order valence-corrected chi connectivity index (χ3v) is 5.34. The minimum atomic E-state index is -3.75. The molecule has 1 amide bonds. The Morgan fingerprint density at radius 3 is 2.39 bits per heavy atom. The molecule has 6 nitrogen and oxygen atoms in total. The molecule has 0 heterocycles. The number of ether oxygens (including phenoxy) is 1. The maximum absolute atomic E-state index is 13.2. The molecule has 0 radical (unpaired) electrons. The van der Waals surface area contributed by atoms with E-state index in [0.29, 0.717) is 0 Å². The van der Waals surface area contributed by atoms with Crippen molar-refractivity contribution in [3.05, 3.63) is 59.9 Å². The molecule has 28 heavy (non-hydrogen) atoms. The maximum Gasteiger partial charge on any atom is 0.244 e. The average molecular weight is 408 g/mol. The van der Waals surface area contributed by atoms with Crippen LogP contribution in [0.1, 0.15) is 18.9 Å². The molecule has 0 spiro atoms. The summed E-state index contributed by atoms with van der Waals surface area (Å²) in [4.78, 5) is 12.6. The van der Waals surface area contributed by atoms with Crippen LogP contribution in [-0.4, -0.2) is 39.8 Å². The van der Waals surface area contributed by atoms with Gasteiger partial charge in [0.15, 0.2) is 0 Å². The molecule has 0 aliphatic rings. The van der Waals surface area contributed by atoms with E-state index >= 15 is 0 Å². The number of nitrogens with zero attached hydrogens (tertiary/aromatic N) is 1. The van der Waals surface area contributed by atoms with Crippen molar-refractivity contribution in [3.8, 4) is 5.75 Å². The van der Waals surface area contributed by atoms with Crippen LogP contribution in [-0.2, 0) is 14.8 Å². The molecular weight excluding hydrogens is 383 g/mol. The molecule has 2 aromatic carbocycles.